The minimum absolute atomic E-state index is 0.173. The van der Waals surface area contributed by atoms with Crippen molar-refractivity contribution < 1.29 is 23.8 Å². The molecule has 0 bridgehead atoms. The molecule has 3 aromatic carbocycles. The summed E-state index contributed by atoms with van der Waals surface area (Å²) >= 11 is 0. The first kappa shape index (κ1) is 24.4. The Labute approximate surface area is 205 Å². The molecule has 7 heteroatoms. The summed E-state index contributed by atoms with van der Waals surface area (Å²) in [5, 5.41) is 2.94. The Morgan fingerprint density at radius 3 is 2.54 bits per heavy atom. The number of hydrogen-bond donors (Lipinski definition) is 2. The Morgan fingerprint density at radius 2 is 1.74 bits per heavy atom. The monoisotopic (exact) mass is 474 g/mol. The summed E-state index contributed by atoms with van der Waals surface area (Å²) in [4.78, 5) is 24.4. The standard InChI is InChI=1S/C28H30N2O5/c29-27(31)25-12-1-2-13-26(25)35-18-20-7-5-9-22(15-20)28(32)30-23-10-6-8-21(16-23)17-33-19-24-11-3-4-14-34-24/h1-2,5-10,12-13,15-16,24H,3-4,11,14,17-19H2,(H2,29,31)(H,30,32). The fraction of sp³-hybridized carbons (Fsp3) is 0.286. The van der Waals surface area contributed by atoms with Crippen molar-refractivity contribution >= 4 is 17.5 Å². The maximum Gasteiger partial charge on any atom is 0.255 e. The number of nitrogens with one attached hydrogen (secondary N) is 1. The van der Waals surface area contributed by atoms with Crippen molar-refractivity contribution in [2.24, 2.45) is 5.73 Å². The van der Waals surface area contributed by atoms with Gasteiger partial charge in [-0.2, -0.15) is 0 Å². The van der Waals surface area contributed by atoms with E-state index in [2.05, 4.69) is 5.32 Å². The van der Waals surface area contributed by atoms with Gasteiger partial charge in [-0.05, 0) is 66.8 Å². The van der Waals surface area contributed by atoms with Crippen molar-refractivity contribution in [2.45, 2.75) is 38.6 Å². The zero-order valence-electron chi connectivity index (χ0n) is 19.6. The van der Waals surface area contributed by atoms with Gasteiger partial charge in [-0.1, -0.05) is 36.4 Å². The van der Waals surface area contributed by atoms with Gasteiger partial charge in [0.2, 0.25) is 0 Å². The predicted molar refractivity (Wildman–Crippen MR) is 133 cm³/mol. The Bertz CT molecular complexity index is 1160. The summed E-state index contributed by atoms with van der Waals surface area (Å²) in [6.45, 7) is 2.05. The van der Waals surface area contributed by atoms with Crippen LogP contribution in [0.1, 0.15) is 51.1 Å². The zero-order valence-corrected chi connectivity index (χ0v) is 19.6. The fourth-order valence-corrected chi connectivity index (χ4v) is 3.95. The van der Waals surface area contributed by atoms with Crippen LogP contribution in [0.2, 0.25) is 0 Å². The Morgan fingerprint density at radius 1 is 0.943 bits per heavy atom. The van der Waals surface area contributed by atoms with Gasteiger partial charge < -0.3 is 25.3 Å². The fourth-order valence-electron chi connectivity index (χ4n) is 3.95. The van der Waals surface area contributed by atoms with E-state index in [1.54, 1.807) is 42.5 Å². The minimum atomic E-state index is -0.552. The molecule has 0 spiro atoms. The van der Waals surface area contributed by atoms with Gasteiger partial charge in [-0.25, -0.2) is 0 Å². The van der Waals surface area contributed by atoms with E-state index in [-0.39, 0.29) is 18.6 Å². The van der Waals surface area contributed by atoms with Crippen molar-refractivity contribution in [2.75, 3.05) is 18.5 Å². The molecule has 7 nitrogen and oxygen atoms in total. The van der Waals surface area contributed by atoms with E-state index >= 15 is 0 Å². The molecule has 0 saturated carbocycles. The van der Waals surface area contributed by atoms with Gasteiger partial charge in [-0.3, -0.25) is 9.59 Å². The molecular formula is C28H30N2O5. The lowest BCUT2D eigenvalue weighted by atomic mass is 10.1. The molecule has 1 unspecified atom stereocenters. The number of benzene rings is 3. The van der Waals surface area contributed by atoms with Crippen LogP contribution in [0.4, 0.5) is 5.69 Å². The second-order valence-electron chi connectivity index (χ2n) is 8.51. The molecule has 1 saturated heterocycles. The SMILES string of the molecule is NC(=O)c1ccccc1OCc1cccc(C(=O)Nc2cccc(COCC3CCCCO3)c2)c1. The normalized spacial score (nSPS) is 15.4. The molecule has 3 N–H and O–H groups in total. The number of carbonyl (C=O) groups excluding carboxylic acids is 2. The molecule has 3 aromatic rings. The molecule has 1 aliphatic heterocycles. The van der Waals surface area contributed by atoms with Crippen molar-refractivity contribution in [1.29, 1.82) is 0 Å². The first-order valence-electron chi connectivity index (χ1n) is 11.8. The van der Waals surface area contributed by atoms with Crippen LogP contribution < -0.4 is 15.8 Å². The number of ether oxygens (including phenoxy) is 3. The Hall–Kier alpha value is -3.68. The molecular weight excluding hydrogens is 444 g/mol. The van der Waals surface area contributed by atoms with Crippen molar-refractivity contribution in [3.63, 3.8) is 0 Å². The number of primary amides is 1. The molecule has 0 aromatic heterocycles. The molecule has 0 aliphatic carbocycles. The smallest absolute Gasteiger partial charge is 0.255 e. The molecule has 1 atom stereocenters. The molecule has 182 valence electrons. The van der Waals surface area contributed by atoms with Crippen molar-refractivity contribution in [1.82, 2.24) is 0 Å². The minimum Gasteiger partial charge on any atom is -0.488 e. The van der Waals surface area contributed by atoms with E-state index in [0.717, 1.165) is 30.6 Å². The Kier molecular flexibility index (Phi) is 8.48. The van der Waals surface area contributed by atoms with Crippen LogP contribution in [0, 0.1) is 0 Å². The number of anilines is 1. The highest BCUT2D eigenvalue weighted by molar-refractivity contribution is 6.04. The lowest BCUT2D eigenvalue weighted by molar-refractivity contribution is -0.0447. The van der Waals surface area contributed by atoms with E-state index in [9.17, 15) is 9.59 Å². The molecule has 0 radical (unpaired) electrons. The highest BCUT2D eigenvalue weighted by Gasteiger charge is 2.14. The maximum atomic E-state index is 12.9. The summed E-state index contributed by atoms with van der Waals surface area (Å²) in [5.41, 5.74) is 8.70. The lowest BCUT2D eigenvalue weighted by Crippen LogP contribution is -2.24. The molecule has 1 aliphatic rings. The number of carbonyl (C=O) groups is 2. The summed E-state index contributed by atoms with van der Waals surface area (Å²) in [5.74, 6) is -0.370. The quantitative estimate of drug-likeness (QED) is 0.444. The second kappa shape index (κ2) is 12.1. The highest BCUT2D eigenvalue weighted by Crippen LogP contribution is 2.20. The third-order valence-corrected chi connectivity index (χ3v) is 5.77. The van der Waals surface area contributed by atoms with Gasteiger partial charge in [0.05, 0.1) is 24.9 Å². The number of rotatable bonds is 10. The van der Waals surface area contributed by atoms with Gasteiger partial charge in [-0.15, -0.1) is 0 Å². The largest absolute Gasteiger partial charge is 0.488 e. The van der Waals surface area contributed by atoms with E-state index < -0.39 is 5.91 Å². The maximum absolute atomic E-state index is 12.9. The van der Waals surface area contributed by atoms with E-state index in [1.165, 1.54) is 6.42 Å². The highest BCUT2D eigenvalue weighted by atomic mass is 16.5. The van der Waals surface area contributed by atoms with Crippen LogP contribution in [0.15, 0.2) is 72.8 Å². The molecule has 35 heavy (non-hydrogen) atoms. The topological polar surface area (TPSA) is 99.9 Å². The van der Waals surface area contributed by atoms with Gasteiger partial charge in [0, 0.05) is 17.9 Å². The van der Waals surface area contributed by atoms with E-state index in [4.69, 9.17) is 19.9 Å². The average molecular weight is 475 g/mol. The van der Waals surface area contributed by atoms with E-state index in [0.29, 0.717) is 35.8 Å². The van der Waals surface area contributed by atoms with Crippen LogP contribution in [-0.2, 0) is 22.7 Å². The van der Waals surface area contributed by atoms with Crippen LogP contribution in [0.3, 0.4) is 0 Å². The number of para-hydroxylation sites is 1. The van der Waals surface area contributed by atoms with Gasteiger partial charge >= 0.3 is 0 Å². The van der Waals surface area contributed by atoms with Gasteiger partial charge in [0.25, 0.3) is 11.8 Å². The third kappa shape index (κ3) is 7.15. The predicted octanol–water partition coefficient (Wildman–Crippen LogP) is 4.70. The molecule has 1 fully saturated rings. The average Bonchev–Trinajstić information content (AvgIpc) is 2.88. The zero-order chi connectivity index (χ0) is 24.5. The summed E-state index contributed by atoms with van der Waals surface area (Å²) in [6, 6.07) is 21.6. The number of nitrogens with two attached hydrogens (primary N) is 1. The first-order chi connectivity index (χ1) is 17.1. The molecule has 2 amide bonds. The van der Waals surface area contributed by atoms with Gasteiger partial charge in [0.1, 0.15) is 12.4 Å². The van der Waals surface area contributed by atoms with Gasteiger partial charge in [0.15, 0.2) is 0 Å². The molecule has 4 rings (SSSR count). The van der Waals surface area contributed by atoms with Crippen LogP contribution in [0.25, 0.3) is 0 Å². The van der Waals surface area contributed by atoms with Crippen LogP contribution >= 0.6 is 0 Å². The summed E-state index contributed by atoms with van der Waals surface area (Å²) in [6.07, 6.45) is 3.52. The second-order valence-corrected chi connectivity index (χ2v) is 8.51. The number of hydrogen-bond acceptors (Lipinski definition) is 5. The number of amides is 2. The van der Waals surface area contributed by atoms with Crippen LogP contribution in [0.5, 0.6) is 5.75 Å². The summed E-state index contributed by atoms with van der Waals surface area (Å²) in [7, 11) is 0. The van der Waals surface area contributed by atoms with Crippen molar-refractivity contribution in [3.05, 3.63) is 95.1 Å². The van der Waals surface area contributed by atoms with E-state index in [1.807, 2.05) is 30.3 Å². The Balaban J connectivity index is 1.32. The first-order valence-corrected chi connectivity index (χ1v) is 11.8. The lowest BCUT2D eigenvalue weighted by Gasteiger charge is -2.22. The van der Waals surface area contributed by atoms with Crippen molar-refractivity contribution in [3.8, 4) is 5.75 Å². The third-order valence-electron chi connectivity index (χ3n) is 5.77. The summed E-state index contributed by atoms with van der Waals surface area (Å²) < 4.78 is 17.3. The molecule has 1 heterocycles. The van der Waals surface area contributed by atoms with Crippen LogP contribution in [-0.4, -0.2) is 31.1 Å².